The third-order valence-electron chi connectivity index (χ3n) is 9.04. The number of fused-ring (bicyclic) bond motifs is 1. The van der Waals surface area contributed by atoms with Gasteiger partial charge < -0.3 is 26.2 Å². The van der Waals surface area contributed by atoms with E-state index >= 15 is 0 Å². The molecular formula is C41H47N9O4. The number of hydrogen-bond donors (Lipinski definition) is 6. The number of hydrazine groups is 1. The maximum absolute atomic E-state index is 13.5. The lowest BCUT2D eigenvalue weighted by atomic mass is 10.00. The molecule has 0 bridgehead atoms. The lowest BCUT2D eigenvalue weighted by molar-refractivity contribution is -0.123. The van der Waals surface area contributed by atoms with Gasteiger partial charge in [0.15, 0.2) is 11.9 Å². The van der Waals surface area contributed by atoms with Crippen LogP contribution in [0.4, 0.5) is 5.69 Å². The Kier molecular flexibility index (Phi) is 15.1. The Balaban J connectivity index is 1.12. The highest BCUT2D eigenvalue weighted by atomic mass is 16.2. The third-order valence-corrected chi connectivity index (χ3v) is 9.04. The number of pyridine rings is 2. The van der Waals surface area contributed by atoms with Crippen LogP contribution in [-0.2, 0) is 34.0 Å². The molecule has 0 radical (unpaired) electrons. The van der Waals surface area contributed by atoms with Gasteiger partial charge in [-0.2, -0.15) is 0 Å². The van der Waals surface area contributed by atoms with Gasteiger partial charge in [-0.05, 0) is 99.3 Å². The van der Waals surface area contributed by atoms with Crippen LogP contribution in [0.3, 0.4) is 0 Å². The second kappa shape index (κ2) is 20.8. The van der Waals surface area contributed by atoms with E-state index in [0.29, 0.717) is 68.8 Å². The molecule has 13 heteroatoms. The van der Waals surface area contributed by atoms with E-state index in [4.69, 9.17) is 0 Å². The van der Waals surface area contributed by atoms with Crippen molar-refractivity contribution in [2.24, 2.45) is 0 Å². The minimum atomic E-state index is -0.704. The molecule has 2 amide bonds. The van der Waals surface area contributed by atoms with Crippen LogP contribution >= 0.6 is 0 Å². The maximum atomic E-state index is 13.5. The molecule has 1 aliphatic rings. The highest BCUT2D eigenvalue weighted by molar-refractivity contribution is 5.99. The maximum Gasteiger partial charge on any atom is 0.251 e. The fourth-order valence-electron chi connectivity index (χ4n) is 6.08. The summed E-state index contributed by atoms with van der Waals surface area (Å²) in [6, 6.07) is 23.8. The summed E-state index contributed by atoms with van der Waals surface area (Å²) >= 11 is 0. The van der Waals surface area contributed by atoms with Gasteiger partial charge in [-0.15, -0.1) is 0 Å². The lowest BCUT2D eigenvalue weighted by Crippen LogP contribution is -2.47. The number of anilines is 1. The van der Waals surface area contributed by atoms with E-state index in [1.165, 1.54) is 0 Å². The predicted octanol–water partition coefficient (Wildman–Crippen LogP) is 3.31. The molecule has 1 aliphatic heterocycles. The summed E-state index contributed by atoms with van der Waals surface area (Å²) in [7, 11) is 0. The Morgan fingerprint density at radius 2 is 1.44 bits per heavy atom. The van der Waals surface area contributed by atoms with Crippen LogP contribution in [0, 0.1) is 0 Å². The van der Waals surface area contributed by atoms with E-state index in [1.54, 1.807) is 30.6 Å². The summed E-state index contributed by atoms with van der Waals surface area (Å²) in [5.74, 6) is 3.21. The molecule has 0 unspecified atom stereocenters. The van der Waals surface area contributed by atoms with Crippen LogP contribution in [-0.4, -0.2) is 65.9 Å². The molecule has 0 fully saturated rings. The first-order valence-corrected chi connectivity index (χ1v) is 18.3. The minimum absolute atomic E-state index is 0.219. The first kappa shape index (κ1) is 39.1. The van der Waals surface area contributed by atoms with Gasteiger partial charge in [-0.1, -0.05) is 24.3 Å². The number of benzene rings is 2. The van der Waals surface area contributed by atoms with Gasteiger partial charge >= 0.3 is 0 Å². The van der Waals surface area contributed by atoms with E-state index in [-0.39, 0.29) is 23.2 Å². The normalized spacial score (nSPS) is 12.3. The fraction of sp³-hybridized carbons (Fsp3) is 0.317. The standard InChI is InChI=1S/C41H47N9O4/c1-2-50(34-17-18-35-36(24-34)39(29-52)49-48-38(35)28-51)23-8-7-22-46-41(54)37(12-9-19-42-26-32-10-3-5-20-44-32)47-40(53)31-15-13-30(14-16-31)25-43-27-33-11-4-6-21-45-33/h3-6,10-11,13-18,20-21,24,37,42-43,48-49H,2,7-9,12,19,22-23,25-27H2,1H3,(H,46,54)(H,47,53)/t37-/m0/s1. The van der Waals surface area contributed by atoms with Gasteiger partial charge in [-0.25, -0.2) is 9.59 Å². The average Bonchev–Trinajstić information content (AvgIpc) is 3.21. The summed E-state index contributed by atoms with van der Waals surface area (Å²) in [6.45, 7) is 6.48. The van der Waals surface area contributed by atoms with E-state index in [2.05, 4.69) is 47.0 Å². The SMILES string of the molecule is CCN(CCCCNC(=O)[C@H](CCCNCc1ccccn1)NC(=O)c1ccc(CNCc2ccccn2)cc1)c1ccc2c(c1)C(=C=O)NNC2=C=O. The van der Waals surface area contributed by atoms with Crippen molar-refractivity contribution in [3.05, 3.63) is 125 Å². The molecule has 280 valence electrons. The molecule has 2 aromatic carbocycles. The van der Waals surface area contributed by atoms with Gasteiger partial charge in [0.1, 0.15) is 17.4 Å². The van der Waals surface area contributed by atoms with E-state index in [1.807, 2.05) is 79.5 Å². The topological polar surface area (TPSA) is 169 Å². The zero-order valence-electron chi connectivity index (χ0n) is 30.5. The van der Waals surface area contributed by atoms with Crippen LogP contribution < -0.4 is 37.0 Å². The van der Waals surface area contributed by atoms with Crippen molar-refractivity contribution in [3.8, 4) is 0 Å². The molecule has 5 rings (SSSR count). The number of rotatable bonds is 20. The summed E-state index contributed by atoms with van der Waals surface area (Å²) in [6.07, 6.45) is 6.17. The molecule has 2 aromatic heterocycles. The number of carbonyl (C=O) groups is 2. The van der Waals surface area contributed by atoms with Crippen molar-refractivity contribution in [2.75, 3.05) is 31.1 Å². The van der Waals surface area contributed by atoms with Gasteiger partial charge in [0.25, 0.3) is 5.91 Å². The Labute approximate surface area is 315 Å². The summed E-state index contributed by atoms with van der Waals surface area (Å²) in [5.41, 5.74) is 11.3. The fourth-order valence-corrected chi connectivity index (χ4v) is 6.08. The first-order chi connectivity index (χ1) is 26.5. The molecule has 54 heavy (non-hydrogen) atoms. The average molecular weight is 730 g/mol. The zero-order valence-corrected chi connectivity index (χ0v) is 30.5. The Morgan fingerprint density at radius 1 is 0.759 bits per heavy atom. The molecule has 4 aromatic rings. The molecule has 0 saturated carbocycles. The van der Waals surface area contributed by atoms with Gasteiger partial charge in [-0.3, -0.25) is 30.4 Å². The van der Waals surface area contributed by atoms with E-state index < -0.39 is 6.04 Å². The number of aromatic nitrogens is 2. The van der Waals surface area contributed by atoms with E-state index in [9.17, 15) is 19.2 Å². The summed E-state index contributed by atoms with van der Waals surface area (Å²) < 4.78 is 0. The van der Waals surface area contributed by atoms with Gasteiger partial charge in [0.05, 0.1) is 11.4 Å². The quantitative estimate of drug-likeness (QED) is 0.0583. The van der Waals surface area contributed by atoms with Crippen LogP contribution in [0.2, 0.25) is 0 Å². The number of nitrogens with one attached hydrogen (secondary N) is 6. The highest BCUT2D eigenvalue weighted by Gasteiger charge is 2.22. The largest absolute Gasteiger partial charge is 0.372 e. The monoisotopic (exact) mass is 729 g/mol. The van der Waals surface area contributed by atoms with Crippen molar-refractivity contribution in [3.63, 3.8) is 0 Å². The van der Waals surface area contributed by atoms with Crippen LogP contribution in [0.5, 0.6) is 0 Å². The van der Waals surface area contributed by atoms with Crippen LogP contribution in [0.1, 0.15) is 71.0 Å². The predicted molar refractivity (Wildman–Crippen MR) is 209 cm³/mol. The van der Waals surface area contributed by atoms with Gasteiger partial charge in [0.2, 0.25) is 5.91 Å². The molecule has 0 aliphatic carbocycles. The number of nitrogens with zero attached hydrogens (tertiary/aromatic N) is 3. The molecule has 1 atom stereocenters. The molecule has 6 N–H and O–H groups in total. The minimum Gasteiger partial charge on any atom is -0.372 e. The van der Waals surface area contributed by atoms with Crippen molar-refractivity contribution in [2.45, 2.75) is 58.3 Å². The molecule has 0 saturated heterocycles. The van der Waals surface area contributed by atoms with Crippen molar-refractivity contribution >= 4 is 40.8 Å². The molecule has 13 nitrogen and oxygen atoms in total. The van der Waals surface area contributed by atoms with Crippen molar-refractivity contribution in [1.82, 2.24) is 42.1 Å². The Hall–Kier alpha value is -6.10. The van der Waals surface area contributed by atoms with Crippen LogP contribution in [0.25, 0.3) is 11.4 Å². The summed E-state index contributed by atoms with van der Waals surface area (Å²) in [4.78, 5) is 60.5. The number of amides is 2. The second-order valence-corrected chi connectivity index (χ2v) is 12.8. The summed E-state index contributed by atoms with van der Waals surface area (Å²) in [5, 5.41) is 12.7. The van der Waals surface area contributed by atoms with E-state index in [0.717, 1.165) is 42.0 Å². The molecule has 3 heterocycles. The first-order valence-electron chi connectivity index (χ1n) is 18.3. The van der Waals surface area contributed by atoms with Crippen molar-refractivity contribution < 1.29 is 19.2 Å². The Morgan fingerprint density at radius 3 is 2.09 bits per heavy atom. The number of hydrogen-bond acceptors (Lipinski definition) is 11. The zero-order chi connectivity index (χ0) is 38.0. The van der Waals surface area contributed by atoms with Crippen LogP contribution in [0.15, 0.2) is 91.3 Å². The highest BCUT2D eigenvalue weighted by Crippen LogP contribution is 2.29. The number of carbonyl (C=O) groups excluding carboxylic acids is 4. The third kappa shape index (κ3) is 11.4. The molecule has 0 spiro atoms. The second-order valence-electron chi connectivity index (χ2n) is 12.8. The number of unbranched alkanes of at least 4 members (excludes halogenated alkanes) is 1. The smallest absolute Gasteiger partial charge is 0.251 e. The molecular weight excluding hydrogens is 683 g/mol. The van der Waals surface area contributed by atoms with Gasteiger partial charge in [0, 0.05) is 74.0 Å². The Bertz CT molecular complexity index is 1930. The van der Waals surface area contributed by atoms with Crippen molar-refractivity contribution in [1.29, 1.82) is 0 Å². The lowest BCUT2D eigenvalue weighted by Gasteiger charge is -2.27.